The van der Waals surface area contributed by atoms with Crippen LogP contribution in [0.2, 0.25) is 0 Å². The lowest BCUT2D eigenvalue weighted by atomic mass is 10.0. The Hall–Kier alpha value is -2.44. The molecule has 6 nitrogen and oxygen atoms in total. The van der Waals surface area contributed by atoms with E-state index < -0.39 is 16.1 Å². The number of halogens is 1. The molecule has 0 amide bonds. The summed E-state index contributed by atoms with van der Waals surface area (Å²) in [4.78, 5) is 2.32. The molecule has 0 bridgehead atoms. The molecular weight excluding hydrogens is 467 g/mol. The van der Waals surface area contributed by atoms with Gasteiger partial charge in [0.2, 0.25) is 10.0 Å². The van der Waals surface area contributed by atoms with E-state index in [1.807, 2.05) is 6.92 Å². The van der Waals surface area contributed by atoms with Gasteiger partial charge in [0.1, 0.15) is 22.6 Å². The number of likely N-dealkylation sites (N-methyl/N-ethyl adjacent to an activating group) is 1. The standard InChI is InChI=1S/C27H33FN2O4S/c1-19-15-30(20(2)18-31)35(32,33)27-12-11-22(8-7-21-5-4-6-24(28)13-21)14-25(27)34-26(19)17-29(3)16-23-9-10-23/h4-6,11-14,19-20,23,26,31H,9-10,15-18H2,1-3H3/t19-,20-,26-/m1/s1. The number of aliphatic hydroxyl groups is 1. The van der Waals surface area contributed by atoms with Crippen LogP contribution in [0.25, 0.3) is 0 Å². The van der Waals surface area contributed by atoms with Crippen LogP contribution in [0, 0.1) is 29.5 Å². The van der Waals surface area contributed by atoms with E-state index in [0.717, 1.165) is 12.5 Å². The fraction of sp³-hybridized carbons (Fsp3) is 0.481. The Morgan fingerprint density at radius 2 is 1.89 bits per heavy atom. The highest BCUT2D eigenvalue weighted by Gasteiger charge is 2.38. The lowest BCUT2D eigenvalue weighted by Crippen LogP contribution is -2.49. The van der Waals surface area contributed by atoms with Crippen molar-refractivity contribution >= 4 is 10.0 Å². The molecule has 0 radical (unpaired) electrons. The van der Waals surface area contributed by atoms with Crippen molar-refractivity contribution in [3.63, 3.8) is 0 Å². The molecule has 2 aliphatic rings. The van der Waals surface area contributed by atoms with Crippen molar-refractivity contribution in [1.82, 2.24) is 9.21 Å². The van der Waals surface area contributed by atoms with Gasteiger partial charge in [0.05, 0.1) is 6.61 Å². The van der Waals surface area contributed by atoms with Gasteiger partial charge < -0.3 is 14.7 Å². The molecule has 2 aromatic carbocycles. The Morgan fingerprint density at radius 3 is 2.54 bits per heavy atom. The van der Waals surface area contributed by atoms with Crippen molar-refractivity contribution in [2.24, 2.45) is 11.8 Å². The van der Waals surface area contributed by atoms with Crippen LogP contribution < -0.4 is 4.74 Å². The third kappa shape index (κ3) is 6.22. The molecular formula is C27H33FN2O4S. The summed E-state index contributed by atoms with van der Waals surface area (Å²) in [7, 11) is -1.83. The zero-order valence-corrected chi connectivity index (χ0v) is 21.3. The van der Waals surface area contributed by atoms with E-state index in [2.05, 4.69) is 23.8 Å². The van der Waals surface area contributed by atoms with Crippen LogP contribution in [0.5, 0.6) is 5.75 Å². The second-order valence-electron chi connectivity index (χ2n) is 9.83. The molecule has 35 heavy (non-hydrogen) atoms. The van der Waals surface area contributed by atoms with E-state index in [4.69, 9.17) is 4.74 Å². The summed E-state index contributed by atoms with van der Waals surface area (Å²) in [6.07, 6.45) is 2.26. The van der Waals surface area contributed by atoms with Gasteiger partial charge in [-0.3, -0.25) is 0 Å². The van der Waals surface area contributed by atoms with Gasteiger partial charge in [-0.15, -0.1) is 0 Å². The molecule has 0 unspecified atom stereocenters. The number of nitrogens with zero attached hydrogens (tertiary/aromatic N) is 2. The summed E-state index contributed by atoms with van der Waals surface area (Å²) >= 11 is 0. The van der Waals surface area contributed by atoms with Crippen molar-refractivity contribution in [3.8, 4) is 17.6 Å². The second kappa shape index (κ2) is 10.7. The highest BCUT2D eigenvalue weighted by atomic mass is 32.2. The minimum absolute atomic E-state index is 0.0656. The summed E-state index contributed by atoms with van der Waals surface area (Å²) in [6.45, 7) is 5.34. The van der Waals surface area contributed by atoms with Crippen molar-refractivity contribution in [2.75, 3.05) is 33.3 Å². The number of aliphatic hydroxyl groups excluding tert-OH is 1. The minimum atomic E-state index is -3.90. The first-order valence-electron chi connectivity index (χ1n) is 12.1. The van der Waals surface area contributed by atoms with E-state index in [1.165, 1.54) is 35.3 Å². The Balaban J connectivity index is 1.71. The summed E-state index contributed by atoms with van der Waals surface area (Å²) in [6, 6.07) is 10.2. The summed E-state index contributed by atoms with van der Waals surface area (Å²) in [5, 5.41) is 9.78. The third-order valence-corrected chi connectivity index (χ3v) is 8.62. The zero-order valence-electron chi connectivity index (χ0n) is 20.4. The van der Waals surface area contributed by atoms with Crippen molar-refractivity contribution < 1.29 is 22.7 Å². The third-order valence-electron chi connectivity index (χ3n) is 6.60. The molecule has 0 spiro atoms. The van der Waals surface area contributed by atoms with Crippen molar-refractivity contribution in [3.05, 3.63) is 59.4 Å². The maximum atomic E-state index is 13.6. The Labute approximate surface area is 207 Å². The quantitative estimate of drug-likeness (QED) is 0.617. The summed E-state index contributed by atoms with van der Waals surface area (Å²) in [5.74, 6) is 6.43. The van der Waals surface area contributed by atoms with Gasteiger partial charge in [-0.25, -0.2) is 12.8 Å². The summed E-state index contributed by atoms with van der Waals surface area (Å²) < 4.78 is 48.4. The molecule has 0 saturated heterocycles. The predicted octanol–water partition coefficient (Wildman–Crippen LogP) is 3.34. The normalized spacial score (nSPS) is 22.8. The first kappa shape index (κ1) is 25.6. The first-order chi connectivity index (χ1) is 16.7. The van der Waals surface area contributed by atoms with Crippen molar-refractivity contribution in [2.45, 2.75) is 43.7 Å². The molecule has 2 aromatic rings. The van der Waals surface area contributed by atoms with Crippen LogP contribution in [-0.2, 0) is 10.0 Å². The maximum absolute atomic E-state index is 13.6. The lowest BCUT2D eigenvalue weighted by Gasteiger charge is -2.37. The van der Waals surface area contributed by atoms with Crippen LogP contribution in [-0.4, -0.2) is 68.2 Å². The van der Waals surface area contributed by atoms with Gasteiger partial charge in [-0.1, -0.05) is 24.8 Å². The Kier molecular flexibility index (Phi) is 7.82. The number of hydrogen-bond donors (Lipinski definition) is 1. The van der Waals surface area contributed by atoms with Gasteiger partial charge >= 0.3 is 0 Å². The van der Waals surface area contributed by atoms with E-state index >= 15 is 0 Å². The summed E-state index contributed by atoms with van der Waals surface area (Å²) in [5.41, 5.74) is 1.10. The molecule has 8 heteroatoms. The largest absolute Gasteiger partial charge is 0.487 e. The zero-order chi connectivity index (χ0) is 25.2. The van der Waals surface area contributed by atoms with E-state index in [1.54, 1.807) is 31.2 Å². The fourth-order valence-electron chi connectivity index (χ4n) is 4.35. The fourth-order valence-corrected chi connectivity index (χ4v) is 6.18. The number of benzene rings is 2. The average molecular weight is 501 g/mol. The van der Waals surface area contributed by atoms with Gasteiger partial charge in [0.15, 0.2) is 0 Å². The molecule has 0 aromatic heterocycles. The van der Waals surface area contributed by atoms with Crippen LogP contribution in [0.15, 0.2) is 47.4 Å². The smallest absolute Gasteiger partial charge is 0.247 e. The Morgan fingerprint density at radius 1 is 1.17 bits per heavy atom. The van der Waals surface area contributed by atoms with E-state index in [-0.39, 0.29) is 41.6 Å². The molecule has 1 aliphatic heterocycles. The first-order valence-corrected chi connectivity index (χ1v) is 13.5. The number of sulfonamides is 1. The van der Waals surface area contributed by atoms with Crippen LogP contribution in [0.1, 0.15) is 37.8 Å². The number of fused-ring (bicyclic) bond motifs is 1. The Bertz CT molecular complexity index is 1220. The van der Waals surface area contributed by atoms with Crippen LogP contribution in [0.4, 0.5) is 4.39 Å². The molecule has 4 rings (SSSR count). The molecule has 1 fully saturated rings. The monoisotopic (exact) mass is 500 g/mol. The molecule has 188 valence electrons. The average Bonchev–Trinajstić information content (AvgIpc) is 3.63. The number of hydrogen-bond acceptors (Lipinski definition) is 5. The second-order valence-corrected chi connectivity index (χ2v) is 11.7. The van der Waals surface area contributed by atoms with Gasteiger partial charge in [0.25, 0.3) is 0 Å². The molecule has 1 saturated carbocycles. The van der Waals surface area contributed by atoms with Crippen LogP contribution in [0.3, 0.4) is 0 Å². The van der Waals surface area contributed by atoms with Gasteiger partial charge in [-0.05, 0) is 69.1 Å². The highest BCUT2D eigenvalue weighted by Crippen LogP contribution is 2.35. The number of rotatable bonds is 6. The predicted molar refractivity (Wildman–Crippen MR) is 133 cm³/mol. The van der Waals surface area contributed by atoms with Crippen LogP contribution >= 0.6 is 0 Å². The lowest BCUT2D eigenvalue weighted by molar-refractivity contribution is 0.0740. The molecule has 1 heterocycles. The molecule has 1 aliphatic carbocycles. The topological polar surface area (TPSA) is 70.1 Å². The molecule has 3 atom stereocenters. The van der Waals surface area contributed by atoms with Gasteiger partial charge in [-0.2, -0.15) is 4.31 Å². The highest BCUT2D eigenvalue weighted by molar-refractivity contribution is 7.89. The van der Waals surface area contributed by atoms with E-state index in [0.29, 0.717) is 17.7 Å². The van der Waals surface area contributed by atoms with E-state index in [9.17, 15) is 17.9 Å². The molecule has 1 N–H and O–H groups in total. The minimum Gasteiger partial charge on any atom is -0.487 e. The maximum Gasteiger partial charge on any atom is 0.247 e. The van der Waals surface area contributed by atoms with Crippen molar-refractivity contribution in [1.29, 1.82) is 0 Å². The van der Waals surface area contributed by atoms with Gasteiger partial charge in [0, 0.05) is 42.7 Å². The SMILES string of the molecule is C[C@@H]1CN([C@H](C)CO)S(=O)(=O)c2ccc(C#Cc3cccc(F)c3)cc2O[C@@H]1CN(C)CC1CC1. The number of ether oxygens (including phenoxy) is 1.